The Morgan fingerprint density at radius 2 is 0.853 bits per heavy atom. The first kappa shape index (κ1) is 50.3. The lowest BCUT2D eigenvalue weighted by Crippen LogP contribution is -2.61. The van der Waals surface area contributed by atoms with Crippen LogP contribution in [0.5, 0.6) is 0 Å². The average molecular weight is 1000 g/mol. The standard InChI is InChI=1S/C69H73BN4S/c1-65(2,3)45-28-26-44(27-29-45)64-71-57-42-56-59(43-62(57)75-64)74(53-37-48(68(10,11)12)36-49(38-53)69(13,14)15)61-41-54(72(50-22-18-16-19-23-50)51-24-20-17-21-25-51)40-60-63(61)70(56)55-39-47(67(7,8)9)32-35-58(55)73(60)52-33-30-46(31-34-52)66(4,5)6/h16-43H,1-15H3. The van der Waals surface area contributed by atoms with Crippen LogP contribution in [0.15, 0.2) is 170 Å². The van der Waals surface area contributed by atoms with Gasteiger partial charge in [-0.3, -0.25) is 0 Å². The summed E-state index contributed by atoms with van der Waals surface area (Å²) in [5.74, 6) is 0. The Balaban J connectivity index is 1.29. The highest BCUT2D eigenvalue weighted by Crippen LogP contribution is 2.50. The molecule has 0 bridgehead atoms. The second-order valence-corrected chi connectivity index (χ2v) is 27.4. The molecule has 6 heteroatoms. The van der Waals surface area contributed by atoms with Gasteiger partial charge in [0.05, 0.1) is 15.9 Å². The highest BCUT2D eigenvalue weighted by Gasteiger charge is 2.45. The molecule has 3 heterocycles. The summed E-state index contributed by atoms with van der Waals surface area (Å²) in [5.41, 5.74) is 22.7. The summed E-state index contributed by atoms with van der Waals surface area (Å²) in [6.07, 6.45) is 0. The van der Waals surface area contributed by atoms with Gasteiger partial charge in [0.2, 0.25) is 0 Å². The highest BCUT2D eigenvalue weighted by molar-refractivity contribution is 7.21. The lowest BCUT2D eigenvalue weighted by atomic mass is 9.33. The van der Waals surface area contributed by atoms with Crippen molar-refractivity contribution >= 4 is 95.8 Å². The monoisotopic (exact) mass is 1000 g/mol. The number of para-hydroxylation sites is 2. The summed E-state index contributed by atoms with van der Waals surface area (Å²) in [5, 5.41) is 1.04. The molecule has 9 aromatic rings. The van der Waals surface area contributed by atoms with Crippen LogP contribution in [-0.2, 0) is 27.1 Å². The smallest absolute Gasteiger partial charge is 0.252 e. The number of aromatic nitrogens is 1. The molecule has 378 valence electrons. The van der Waals surface area contributed by atoms with Crippen molar-refractivity contribution in [2.75, 3.05) is 14.7 Å². The van der Waals surface area contributed by atoms with Crippen LogP contribution in [-0.4, -0.2) is 11.7 Å². The van der Waals surface area contributed by atoms with Gasteiger partial charge in [-0.2, -0.15) is 0 Å². The minimum Gasteiger partial charge on any atom is -0.311 e. The van der Waals surface area contributed by atoms with E-state index in [1.807, 2.05) is 0 Å². The molecule has 0 spiro atoms. The van der Waals surface area contributed by atoms with Crippen molar-refractivity contribution in [1.82, 2.24) is 4.98 Å². The average Bonchev–Trinajstić information content (AvgIpc) is 3.78. The van der Waals surface area contributed by atoms with E-state index in [9.17, 15) is 0 Å². The Morgan fingerprint density at radius 1 is 0.387 bits per heavy atom. The maximum atomic E-state index is 5.53. The third kappa shape index (κ3) is 9.17. The van der Waals surface area contributed by atoms with Gasteiger partial charge in [-0.1, -0.05) is 195 Å². The van der Waals surface area contributed by atoms with Crippen molar-refractivity contribution in [1.29, 1.82) is 0 Å². The molecule has 2 aliphatic rings. The van der Waals surface area contributed by atoms with Crippen LogP contribution < -0.4 is 31.1 Å². The largest absolute Gasteiger partial charge is 0.311 e. The van der Waals surface area contributed by atoms with Crippen LogP contribution in [0.1, 0.15) is 132 Å². The number of thiazole rings is 1. The fourth-order valence-electron chi connectivity index (χ4n) is 11.1. The Hall–Kier alpha value is -6.89. The van der Waals surface area contributed by atoms with Crippen molar-refractivity contribution in [2.24, 2.45) is 0 Å². The van der Waals surface area contributed by atoms with Crippen LogP contribution in [0.4, 0.5) is 51.2 Å². The second kappa shape index (κ2) is 17.9. The molecule has 75 heavy (non-hydrogen) atoms. The van der Waals surface area contributed by atoms with Gasteiger partial charge in [0.1, 0.15) is 5.01 Å². The van der Waals surface area contributed by atoms with Crippen LogP contribution in [0, 0.1) is 0 Å². The van der Waals surface area contributed by atoms with Crippen molar-refractivity contribution in [3.63, 3.8) is 0 Å². The van der Waals surface area contributed by atoms with E-state index < -0.39 is 0 Å². The second-order valence-electron chi connectivity index (χ2n) is 26.3. The molecule has 0 fully saturated rings. The van der Waals surface area contributed by atoms with Gasteiger partial charge in [0, 0.05) is 51.1 Å². The van der Waals surface area contributed by atoms with Crippen molar-refractivity contribution in [3.8, 4) is 10.6 Å². The first-order valence-corrected chi connectivity index (χ1v) is 27.8. The summed E-state index contributed by atoms with van der Waals surface area (Å²) in [6, 6.07) is 64.8. The summed E-state index contributed by atoms with van der Waals surface area (Å²) < 4.78 is 1.17. The number of anilines is 9. The number of hydrogen-bond donors (Lipinski definition) is 0. The normalized spacial score (nSPS) is 13.7. The number of nitrogens with zero attached hydrogens (tertiary/aromatic N) is 4. The zero-order valence-corrected chi connectivity index (χ0v) is 47.8. The molecule has 11 rings (SSSR count). The van der Waals surface area contributed by atoms with Crippen LogP contribution >= 0.6 is 11.3 Å². The van der Waals surface area contributed by atoms with Crippen LogP contribution in [0.25, 0.3) is 20.8 Å². The number of rotatable bonds is 6. The first-order valence-electron chi connectivity index (χ1n) is 27.0. The van der Waals surface area contributed by atoms with Gasteiger partial charge < -0.3 is 14.7 Å². The van der Waals surface area contributed by atoms with E-state index in [2.05, 4.69) is 288 Å². The van der Waals surface area contributed by atoms with Crippen molar-refractivity contribution < 1.29 is 0 Å². The number of benzene rings is 8. The molecular formula is C69H73BN4S. The number of fused-ring (bicyclic) bond motifs is 5. The van der Waals surface area contributed by atoms with Gasteiger partial charge in [-0.15, -0.1) is 11.3 Å². The fraction of sp³-hybridized carbons (Fsp3) is 0.290. The lowest BCUT2D eigenvalue weighted by molar-refractivity contribution is 0.568. The molecule has 0 unspecified atom stereocenters. The van der Waals surface area contributed by atoms with Crippen molar-refractivity contribution in [3.05, 3.63) is 198 Å². The zero-order chi connectivity index (χ0) is 53.1. The molecule has 4 nitrogen and oxygen atoms in total. The minimum absolute atomic E-state index is 0.00444. The summed E-state index contributed by atoms with van der Waals surface area (Å²) in [6.45, 7) is 34.8. The molecule has 8 aromatic carbocycles. The Kier molecular flexibility index (Phi) is 12.0. The quantitative estimate of drug-likeness (QED) is 0.155. The molecule has 0 amide bonds. The Morgan fingerprint density at radius 3 is 1.36 bits per heavy atom. The minimum atomic E-state index is -0.104. The van der Waals surface area contributed by atoms with E-state index in [0.29, 0.717) is 0 Å². The van der Waals surface area contributed by atoms with E-state index in [-0.39, 0.29) is 33.8 Å². The molecule has 0 saturated carbocycles. The van der Waals surface area contributed by atoms with Gasteiger partial charge >= 0.3 is 0 Å². The molecule has 0 atom stereocenters. The number of hydrogen-bond acceptors (Lipinski definition) is 5. The van der Waals surface area contributed by atoms with E-state index in [0.717, 1.165) is 44.5 Å². The molecule has 0 aliphatic carbocycles. The fourth-order valence-corrected chi connectivity index (χ4v) is 12.1. The predicted molar refractivity (Wildman–Crippen MR) is 327 cm³/mol. The van der Waals surface area contributed by atoms with E-state index in [1.165, 1.54) is 71.7 Å². The topological polar surface area (TPSA) is 22.6 Å². The van der Waals surface area contributed by atoms with Gasteiger partial charge in [-0.05, 0) is 150 Å². The maximum Gasteiger partial charge on any atom is 0.252 e. The van der Waals surface area contributed by atoms with Gasteiger partial charge in [-0.25, -0.2) is 4.98 Å². The molecule has 2 aliphatic heterocycles. The van der Waals surface area contributed by atoms with E-state index in [1.54, 1.807) is 11.3 Å². The Labute approximate surface area is 452 Å². The van der Waals surface area contributed by atoms with Crippen molar-refractivity contribution in [2.45, 2.75) is 131 Å². The van der Waals surface area contributed by atoms with E-state index in [4.69, 9.17) is 4.98 Å². The molecule has 0 N–H and O–H groups in total. The zero-order valence-electron chi connectivity index (χ0n) is 46.9. The first-order chi connectivity index (χ1) is 35.3. The summed E-state index contributed by atoms with van der Waals surface area (Å²) in [4.78, 5) is 13.2. The lowest BCUT2D eigenvalue weighted by Gasteiger charge is -2.45. The Bertz CT molecular complexity index is 3540. The molecule has 1 aromatic heterocycles. The summed E-state index contributed by atoms with van der Waals surface area (Å²) in [7, 11) is 0. The SMILES string of the molecule is CC(C)(C)c1ccc(-c2nc3cc4c(cc3s2)N(c2cc(C(C)(C)C)cc(C(C)(C)C)c2)c2cc(N(c3ccccc3)c3ccccc3)cc3c2B4c2cc(C(C)(C)C)ccc2N3c2ccc(C(C)(C)C)cc2)cc1. The third-order valence-corrected chi connectivity index (χ3v) is 16.7. The predicted octanol–water partition coefficient (Wildman–Crippen LogP) is 18.0. The van der Waals surface area contributed by atoms with Gasteiger partial charge in [0.25, 0.3) is 6.71 Å². The van der Waals surface area contributed by atoms with Crippen LogP contribution in [0.2, 0.25) is 0 Å². The summed E-state index contributed by atoms with van der Waals surface area (Å²) >= 11 is 1.80. The molecule has 0 saturated heterocycles. The van der Waals surface area contributed by atoms with Crippen LogP contribution in [0.3, 0.4) is 0 Å². The third-order valence-electron chi connectivity index (χ3n) is 15.6. The molecular weight excluding hydrogens is 928 g/mol. The highest BCUT2D eigenvalue weighted by atomic mass is 32.1. The van der Waals surface area contributed by atoms with E-state index >= 15 is 0 Å². The van der Waals surface area contributed by atoms with Gasteiger partial charge in [0.15, 0.2) is 0 Å². The molecule has 0 radical (unpaired) electrons. The maximum absolute atomic E-state index is 5.53.